The van der Waals surface area contributed by atoms with Gasteiger partial charge in [-0.1, -0.05) is 36.8 Å². The Bertz CT molecular complexity index is 470. The second kappa shape index (κ2) is 5.85. The van der Waals surface area contributed by atoms with Crippen molar-refractivity contribution in [2.24, 2.45) is 5.92 Å². The van der Waals surface area contributed by atoms with Gasteiger partial charge in [-0.2, -0.15) is 0 Å². The van der Waals surface area contributed by atoms with Gasteiger partial charge < -0.3 is 0 Å². The Morgan fingerprint density at radius 2 is 1.94 bits per heavy atom. The summed E-state index contributed by atoms with van der Waals surface area (Å²) >= 11 is 0. The van der Waals surface area contributed by atoms with Crippen LogP contribution in [0.1, 0.15) is 31.7 Å². The molecule has 3 nitrogen and oxygen atoms in total. The van der Waals surface area contributed by atoms with E-state index in [0.717, 1.165) is 25.7 Å². The van der Waals surface area contributed by atoms with Crippen LogP contribution in [0.4, 0.5) is 0 Å². The lowest BCUT2D eigenvalue weighted by molar-refractivity contribution is 0.442. The van der Waals surface area contributed by atoms with Crippen molar-refractivity contribution in [3.05, 3.63) is 35.9 Å². The van der Waals surface area contributed by atoms with Crippen LogP contribution >= 0.6 is 0 Å². The van der Waals surface area contributed by atoms with Crippen LogP contribution in [0.2, 0.25) is 0 Å². The van der Waals surface area contributed by atoms with Crippen LogP contribution in [-0.4, -0.2) is 20.2 Å². The third-order valence-electron chi connectivity index (χ3n) is 3.71. The van der Waals surface area contributed by atoms with Crippen molar-refractivity contribution in [3.8, 4) is 0 Å². The molecule has 0 spiro atoms. The van der Waals surface area contributed by atoms with E-state index in [1.165, 1.54) is 5.56 Å². The Hall–Kier alpha value is -0.870. The number of hydrogen-bond donors (Lipinski definition) is 1. The Balaban J connectivity index is 2.00. The monoisotopic (exact) mass is 267 g/mol. The van der Waals surface area contributed by atoms with Crippen molar-refractivity contribution >= 4 is 10.0 Å². The fourth-order valence-corrected chi connectivity index (χ4v) is 3.61. The van der Waals surface area contributed by atoms with Gasteiger partial charge in [-0.25, -0.2) is 13.1 Å². The summed E-state index contributed by atoms with van der Waals surface area (Å²) in [5.41, 5.74) is 1.30. The smallest absolute Gasteiger partial charge is 0.211 e. The van der Waals surface area contributed by atoms with Gasteiger partial charge in [-0.15, -0.1) is 0 Å². The van der Waals surface area contributed by atoms with E-state index < -0.39 is 10.0 Å². The molecule has 1 saturated carbocycles. The summed E-state index contributed by atoms with van der Waals surface area (Å²) in [6.45, 7) is 1.68. The lowest BCUT2D eigenvalue weighted by Crippen LogP contribution is -2.38. The first-order valence-corrected chi connectivity index (χ1v) is 8.30. The summed E-state index contributed by atoms with van der Waals surface area (Å²) in [5.74, 6) is 0.607. The second-order valence-electron chi connectivity index (χ2n) is 5.01. The molecule has 1 N–H and O–H groups in total. The summed E-state index contributed by atoms with van der Waals surface area (Å²) in [6, 6.07) is 10.4. The molecule has 1 aliphatic rings. The lowest BCUT2D eigenvalue weighted by atomic mass is 9.95. The van der Waals surface area contributed by atoms with Gasteiger partial charge in [0.1, 0.15) is 0 Å². The molecule has 2 atom stereocenters. The molecule has 0 aliphatic heterocycles. The third kappa shape index (κ3) is 3.56. The fraction of sp³-hybridized carbons (Fsp3) is 0.571. The number of benzene rings is 1. The van der Waals surface area contributed by atoms with E-state index >= 15 is 0 Å². The van der Waals surface area contributed by atoms with Crippen molar-refractivity contribution in [3.63, 3.8) is 0 Å². The normalized spacial score (nSPS) is 24.3. The number of nitrogens with one attached hydrogen (secondary N) is 1. The van der Waals surface area contributed by atoms with Gasteiger partial charge >= 0.3 is 0 Å². The summed E-state index contributed by atoms with van der Waals surface area (Å²) in [7, 11) is -3.08. The van der Waals surface area contributed by atoms with E-state index in [4.69, 9.17) is 0 Å². The van der Waals surface area contributed by atoms with Crippen LogP contribution in [0.3, 0.4) is 0 Å². The molecular formula is C14H21NO2S. The van der Waals surface area contributed by atoms with E-state index in [9.17, 15) is 8.42 Å². The highest BCUT2D eigenvalue weighted by Crippen LogP contribution is 2.29. The van der Waals surface area contributed by atoms with Gasteiger partial charge in [0.25, 0.3) is 0 Å². The van der Waals surface area contributed by atoms with Crippen LogP contribution in [0, 0.1) is 5.92 Å². The minimum absolute atomic E-state index is 0.121. The minimum Gasteiger partial charge on any atom is -0.212 e. The number of sulfonamides is 1. The molecule has 18 heavy (non-hydrogen) atoms. The van der Waals surface area contributed by atoms with E-state index in [1.54, 1.807) is 6.92 Å². The molecule has 1 aliphatic carbocycles. The van der Waals surface area contributed by atoms with Gasteiger partial charge in [-0.3, -0.25) is 0 Å². The molecule has 2 rings (SSSR count). The first kappa shape index (κ1) is 13.6. The van der Waals surface area contributed by atoms with Gasteiger partial charge in [0.15, 0.2) is 0 Å². The molecule has 100 valence electrons. The molecule has 0 radical (unpaired) electrons. The summed E-state index contributed by atoms with van der Waals surface area (Å²) in [6.07, 6.45) is 4.18. The molecule has 0 bridgehead atoms. The molecule has 1 aromatic carbocycles. The van der Waals surface area contributed by atoms with E-state index in [1.807, 2.05) is 18.2 Å². The SMILES string of the molecule is CCS(=O)(=O)N[C@@H]1CCC[C@@H]1Cc1ccccc1. The van der Waals surface area contributed by atoms with Gasteiger partial charge in [0.05, 0.1) is 5.75 Å². The molecule has 0 aromatic heterocycles. The Morgan fingerprint density at radius 3 is 2.61 bits per heavy atom. The highest BCUT2D eigenvalue weighted by molar-refractivity contribution is 7.89. The average Bonchev–Trinajstić information content (AvgIpc) is 2.77. The first-order chi connectivity index (χ1) is 8.61. The van der Waals surface area contributed by atoms with Gasteiger partial charge in [0, 0.05) is 6.04 Å². The zero-order valence-corrected chi connectivity index (χ0v) is 11.6. The average molecular weight is 267 g/mol. The lowest BCUT2D eigenvalue weighted by Gasteiger charge is -2.20. The zero-order chi connectivity index (χ0) is 13.0. The molecule has 0 saturated heterocycles. The van der Waals surface area contributed by atoms with Crippen molar-refractivity contribution in [2.45, 2.75) is 38.6 Å². The van der Waals surface area contributed by atoms with Crippen molar-refractivity contribution in [1.82, 2.24) is 4.72 Å². The largest absolute Gasteiger partial charge is 0.212 e. The topological polar surface area (TPSA) is 46.2 Å². The molecule has 4 heteroatoms. The van der Waals surface area contributed by atoms with Crippen LogP contribution < -0.4 is 4.72 Å². The second-order valence-corrected chi connectivity index (χ2v) is 7.05. The van der Waals surface area contributed by atoms with E-state index in [-0.39, 0.29) is 11.8 Å². The van der Waals surface area contributed by atoms with Gasteiger partial charge in [0.2, 0.25) is 10.0 Å². The predicted molar refractivity (Wildman–Crippen MR) is 73.9 cm³/mol. The van der Waals surface area contributed by atoms with Gasteiger partial charge in [-0.05, 0) is 37.7 Å². The van der Waals surface area contributed by atoms with Crippen LogP contribution in [-0.2, 0) is 16.4 Å². The highest BCUT2D eigenvalue weighted by Gasteiger charge is 2.29. The van der Waals surface area contributed by atoms with E-state index in [2.05, 4.69) is 16.9 Å². The molecular weight excluding hydrogens is 246 g/mol. The molecule has 0 heterocycles. The zero-order valence-electron chi connectivity index (χ0n) is 10.8. The van der Waals surface area contributed by atoms with Crippen molar-refractivity contribution < 1.29 is 8.42 Å². The maximum atomic E-state index is 11.6. The Labute approximate surface area is 110 Å². The molecule has 0 unspecified atom stereocenters. The van der Waals surface area contributed by atoms with Crippen LogP contribution in [0.15, 0.2) is 30.3 Å². The Morgan fingerprint density at radius 1 is 1.22 bits per heavy atom. The summed E-state index contributed by atoms with van der Waals surface area (Å²) in [4.78, 5) is 0. The number of rotatable bonds is 5. The fourth-order valence-electron chi connectivity index (χ4n) is 2.67. The van der Waals surface area contributed by atoms with E-state index in [0.29, 0.717) is 5.92 Å². The maximum Gasteiger partial charge on any atom is 0.211 e. The first-order valence-electron chi connectivity index (χ1n) is 6.64. The summed E-state index contributed by atoms with van der Waals surface area (Å²) < 4.78 is 26.1. The third-order valence-corrected chi connectivity index (χ3v) is 5.13. The van der Waals surface area contributed by atoms with Crippen LogP contribution in [0.25, 0.3) is 0 Å². The van der Waals surface area contributed by atoms with Crippen molar-refractivity contribution in [2.75, 3.05) is 5.75 Å². The standard InChI is InChI=1S/C14H21NO2S/c1-2-18(16,17)15-14-10-6-9-13(14)11-12-7-4-3-5-8-12/h3-5,7-8,13-15H,2,6,9-11H2,1H3/t13-,14-/m1/s1. The number of hydrogen-bond acceptors (Lipinski definition) is 2. The van der Waals surface area contributed by atoms with Crippen molar-refractivity contribution in [1.29, 1.82) is 0 Å². The highest BCUT2D eigenvalue weighted by atomic mass is 32.2. The summed E-state index contributed by atoms with van der Waals surface area (Å²) in [5, 5.41) is 0. The minimum atomic E-state index is -3.08. The van der Waals surface area contributed by atoms with Crippen LogP contribution in [0.5, 0.6) is 0 Å². The molecule has 0 amide bonds. The molecule has 1 fully saturated rings. The molecule has 1 aromatic rings. The maximum absolute atomic E-state index is 11.6. The Kier molecular flexibility index (Phi) is 4.40. The predicted octanol–water partition coefficient (Wildman–Crippen LogP) is 2.34. The quantitative estimate of drug-likeness (QED) is 0.890.